The van der Waals surface area contributed by atoms with Gasteiger partial charge in [0, 0.05) is 12.6 Å². The lowest BCUT2D eigenvalue weighted by Gasteiger charge is -2.25. The highest BCUT2D eigenvalue weighted by atomic mass is 32.1. The minimum Gasteiger partial charge on any atom is -0.464 e. The molecule has 0 atom stereocenters. The molecule has 7 heteroatoms. The van der Waals surface area contributed by atoms with Crippen LogP contribution in [0.15, 0.2) is 48.2 Å². The second kappa shape index (κ2) is 12.7. The Balaban J connectivity index is 3.10. The molecule has 2 N–H and O–H groups in total. The van der Waals surface area contributed by atoms with E-state index < -0.39 is 0 Å². The Labute approximate surface area is 172 Å². The van der Waals surface area contributed by atoms with Crippen molar-refractivity contribution in [1.29, 1.82) is 0 Å². The maximum absolute atomic E-state index is 13.0. The van der Waals surface area contributed by atoms with Crippen molar-refractivity contribution in [1.82, 2.24) is 4.90 Å². The first kappa shape index (κ1) is 23.4. The molecule has 0 radical (unpaired) electrons. The second-order valence-electron chi connectivity index (χ2n) is 6.00. The van der Waals surface area contributed by atoms with Crippen molar-refractivity contribution in [3.05, 3.63) is 48.2 Å². The smallest absolute Gasteiger partial charge is 0.326 e. The summed E-state index contributed by atoms with van der Waals surface area (Å²) in [6.07, 6.45) is 7.47. The monoisotopic (exact) mass is 403 g/mol. The molecular weight excluding hydrogens is 374 g/mol. The lowest BCUT2D eigenvalue weighted by Crippen LogP contribution is -2.37. The zero-order valence-electron chi connectivity index (χ0n) is 17.0. The van der Waals surface area contributed by atoms with Crippen molar-refractivity contribution in [3.63, 3.8) is 0 Å². The molecule has 0 bridgehead atoms. The highest BCUT2D eigenvalue weighted by molar-refractivity contribution is 7.80. The summed E-state index contributed by atoms with van der Waals surface area (Å²) in [6.45, 7) is 7.51. The quantitative estimate of drug-likeness (QED) is 0.341. The minimum atomic E-state index is -0.378. The number of hydrogen-bond donors (Lipinski definition) is 2. The summed E-state index contributed by atoms with van der Waals surface area (Å²) < 4.78 is 5.04. The van der Waals surface area contributed by atoms with E-state index in [0.29, 0.717) is 16.4 Å². The zero-order valence-corrected chi connectivity index (χ0v) is 17.8. The standard InChI is InChI=1S/C21H29N3O3S/c1-5-7-11-18(10-6-2)24(14-15-27-17(4)25)21(26)23-20-13-9-8-12-19(20)22-16(3)28/h7-13H,5-6,14-15H2,1-4H3,(H,22,28)(H,23,26)/b11-7-,18-10+. The van der Waals surface area contributed by atoms with Crippen molar-refractivity contribution >= 4 is 40.6 Å². The first-order valence-corrected chi connectivity index (χ1v) is 9.75. The van der Waals surface area contributed by atoms with Gasteiger partial charge in [-0.3, -0.25) is 9.69 Å². The Bertz CT molecular complexity index is 744. The summed E-state index contributed by atoms with van der Waals surface area (Å²) >= 11 is 5.11. The van der Waals surface area contributed by atoms with E-state index in [4.69, 9.17) is 17.0 Å². The van der Waals surface area contributed by atoms with Crippen molar-refractivity contribution in [3.8, 4) is 0 Å². The van der Waals surface area contributed by atoms with Gasteiger partial charge in [0.15, 0.2) is 0 Å². The van der Waals surface area contributed by atoms with Gasteiger partial charge in [0.05, 0.1) is 22.9 Å². The van der Waals surface area contributed by atoms with Crippen LogP contribution in [-0.4, -0.2) is 35.0 Å². The number of urea groups is 1. The Hall–Kier alpha value is -2.67. The molecule has 0 aliphatic rings. The van der Waals surface area contributed by atoms with Crippen molar-refractivity contribution in [2.75, 3.05) is 23.8 Å². The number of benzene rings is 1. The Morgan fingerprint density at radius 2 is 1.75 bits per heavy atom. The zero-order chi connectivity index (χ0) is 20.9. The molecule has 1 aromatic carbocycles. The van der Waals surface area contributed by atoms with Crippen LogP contribution < -0.4 is 10.6 Å². The molecule has 6 nitrogen and oxygen atoms in total. The number of carbonyl (C=O) groups is 2. The lowest BCUT2D eigenvalue weighted by molar-refractivity contribution is -0.141. The predicted molar refractivity (Wildman–Crippen MR) is 118 cm³/mol. The van der Waals surface area contributed by atoms with E-state index >= 15 is 0 Å². The van der Waals surface area contributed by atoms with E-state index in [1.54, 1.807) is 17.9 Å². The molecule has 0 saturated carbocycles. The van der Waals surface area contributed by atoms with Crippen LogP contribution in [0.4, 0.5) is 16.2 Å². The Morgan fingerprint density at radius 1 is 1.11 bits per heavy atom. The maximum Gasteiger partial charge on any atom is 0.326 e. The molecule has 0 unspecified atom stereocenters. The third kappa shape index (κ3) is 8.35. The molecule has 0 aromatic heterocycles. The topological polar surface area (TPSA) is 70.7 Å². The number of thiocarbonyl (C=S) groups is 1. The van der Waals surface area contributed by atoms with Gasteiger partial charge in [0.2, 0.25) is 0 Å². The van der Waals surface area contributed by atoms with Crippen LogP contribution in [0.2, 0.25) is 0 Å². The van der Waals surface area contributed by atoms with Gasteiger partial charge in [0.1, 0.15) is 6.61 Å². The summed E-state index contributed by atoms with van der Waals surface area (Å²) in [6, 6.07) is 7.02. The molecule has 0 saturated heterocycles. The van der Waals surface area contributed by atoms with Gasteiger partial charge in [-0.15, -0.1) is 0 Å². The molecule has 0 heterocycles. The largest absolute Gasteiger partial charge is 0.464 e. The van der Waals surface area contributed by atoms with E-state index in [1.165, 1.54) is 6.92 Å². The number of nitrogens with zero attached hydrogens (tertiary/aromatic N) is 1. The highest BCUT2D eigenvalue weighted by Gasteiger charge is 2.18. The second-order valence-corrected chi connectivity index (χ2v) is 6.61. The Morgan fingerprint density at radius 3 is 2.29 bits per heavy atom. The van der Waals surface area contributed by atoms with Crippen LogP contribution in [-0.2, 0) is 9.53 Å². The van der Waals surface area contributed by atoms with Crippen LogP contribution in [0.25, 0.3) is 0 Å². The summed E-state index contributed by atoms with van der Waals surface area (Å²) in [5.74, 6) is -0.378. The van der Waals surface area contributed by atoms with Crippen LogP contribution in [0, 0.1) is 0 Å². The van der Waals surface area contributed by atoms with Gasteiger partial charge in [-0.05, 0) is 38.0 Å². The number of allylic oxidation sites excluding steroid dienone is 3. The Kier molecular flexibility index (Phi) is 10.6. The van der Waals surface area contributed by atoms with Gasteiger partial charge in [-0.2, -0.15) is 0 Å². The number of carbonyl (C=O) groups excluding carboxylic acids is 2. The summed E-state index contributed by atoms with van der Waals surface area (Å²) in [5.41, 5.74) is 2.09. The number of hydrogen-bond acceptors (Lipinski definition) is 4. The van der Waals surface area contributed by atoms with Crippen LogP contribution in [0.1, 0.15) is 40.5 Å². The molecule has 152 valence electrons. The average Bonchev–Trinajstić information content (AvgIpc) is 2.63. The lowest BCUT2D eigenvalue weighted by atomic mass is 10.2. The fourth-order valence-electron chi connectivity index (χ4n) is 2.42. The number of nitrogens with one attached hydrogen (secondary N) is 2. The highest BCUT2D eigenvalue weighted by Crippen LogP contribution is 2.22. The van der Waals surface area contributed by atoms with Crippen molar-refractivity contribution in [2.24, 2.45) is 0 Å². The number of anilines is 2. The van der Waals surface area contributed by atoms with Crippen LogP contribution >= 0.6 is 12.2 Å². The first-order chi connectivity index (χ1) is 13.4. The fraction of sp³-hybridized carbons (Fsp3) is 0.381. The minimum absolute atomic E-state index is 0.114. The number of para-hydroxylation sites is 2. The predicted octanol–water partition coefficient (Wildman–Crippen LogP) is 5.10. The van der Waals surface area contributed by atoms with Gasteiger partial charge < -0.3 is 15.4 Å². The van der Waals surface area contributed by atoms with E-state index in [2.05, 4.69) is 10.6 Å². The molecule has 0 aliphatic heterocycles. The number of esters is 1. The van der Waals surface area contributed by atoms with Crippen molar-refractivity contribution < 1.29 is 14.3 Å². The van der Waals surface area contributed by atoms with Gasteiger partial charge in [-0.25, -0.2) is 4.79 Å². The van der Waals surface area contributed by atoms with E-state index in [1.807, 2.05) is 50.3 Å². The molecule has 0 aliphatic carbocycles. The normalized spacial score (nSPS) is 11.2. The fourth-order valence-corrected chi connectivity index (χ4v) is 2.53. The molecule has 0 spiro atoms. The SMILES string of the molecule is CC/C=C\C(=C/CC)N(CCOC(C)=O)C(=O)Nc1ccccc1NC(C)=S. The molecule has 0 fully saturated rings. The number of ether oxygens (including phenoxy) is 1. The molecule has 2 amide bonds. The molecular formula is C21H29N3O3S. The van der Waals surface area contributed by atoms with Crippen LogP contribution in [0.5, 0.6) is 0 Å². The van der Waals surface area contributed by atoms with Crippen LogP contribution in [0.3, 0.4) is 0 Å². The third-order valence-corrected chi connectivity index (χ3v) is 3.70. The first-order valence-electron chi connectivity index (χ1n) is 9.34. The van der Waals surface area contributed by atoms with E-state index in [9.17, 15) is 9.59 Å². The molecule has 1 rings (SSSR count). The molecule has 1 aromatic rings. The van der Waals surface area contributed by atoms with E-state index in [-0.39, 0.29) is 25.2 Å². The summed E-state index contributed by atoms with van der Waals surface area (Å²) in [5, 5.41) is 5.98. The number of rotatable bonds is 9. The average molecular weight is 404 g/mol. The van der Waals surface area contributed by atoms with Gasteiger partial charge in [0.25, 0.3) is 0 Å². The summed E-state index contributed by atoms with van der Waals surface area (Å²) in [7, 11) is 0. The third-order valence-electron chi connectivity index (χ3n) is 3.59. The van der Waals surface area contributed by atoms with E-state index in [0.717, 1.165) is 18.5 Å². The van der Waals surface area contributed by atoms with Gasteiger partial charge >= 0.3 is 12.0 Å². The maximum atomic E-state index is 13.0. The van der Waals surface area contributed by atoms with Crippen molar-refractivity contribution in [2.45, 2.75) is 40.5 Å². The summed E-state index contributed by atoms with van der Waals surface area (Å²) in [4.78, 5) is 26.3. The molecule has 28 heavy (non-hydrogen) atoms. The van der Waals surface area contributed by atoms with Gasteiger partial charge in [-0.1, -0.05) is 50.4 Å². The number of amides is 2.